The first-order valence-electron chi connectivity index (χ1n) is 20.1. The Morgan fingerprint density at radius 2 is 1.54 bits per heavy atom. The fourth-order valence-electron chi connectivity index (χ4n) is 7.98. The molecule has 0 bridgehead atoms. The number of ether oxygens (including phenoxy) is 2. The third kappa shape index (κ3) is 10.4. The van der Waals surface area contributed by atoms with Gasteiger partial charge in [-0.3, -0.25) is 19.3 Å². The van der Waals surface area contributed by atoms with Crippen molar-refractivity contribution < 1.29 is 28.7 Å². The number of H-pyrrole nitrogens is 1. The highest BCUT2D eigenvalue weighted by atomic mass is 16.6. The molecule has 1 aromatic heterocycles. The molecular formula is C45H55N5O7. The highest BCUT2D eigenvalue weighted by molar-refractivity contribution is 5.99. The van der Waals surface area contributed by atoms with E-state index in [9.17, 15) is 24.0 Å². The summed E-state index contributed by atoms with van der Waals surface area (Å²) >= 11 is 0. The molecule has 12 heteroatoms. The summed E-state index contributed by atoms with van der Waals surface area (Å²) in [4.78, 5) is 71.2. The minimum atomic E-state index is -0.974. The Kier molecular flexibility index (Phi) is 13.0. The van der Waals surface area contributed by atoms with E-state index in [0.717, 1.165) is 65.3 Å². The first kappa shape index (κ1) is 41.0. The number of nitrogens with one attached hydrogen (secondary N) is 4. The Morgan fingerprint density at radius 1 is 0.877 bits per heavy atom. The number of pyridine rings is 1. The fraction of sp³-hybridized carbons (Fsp3) is 0.444. The summed E-state index contributed by atoms with van der Waals surface area (Å²) in [5, 5.41) is 9.53. The number of nitrogens with zero attached hydrogens (tertiary/aromatic N) is 1. The highest BCUT2D eigenvalue weighted by Crippen LogP contribution is 2.45. The van der Waals surface area contributed by atoms with Gasteiger partial charge in [0.25, 0.3) is 0 Å². The third-order valence-electron chi connectivity index (χ3n) is 10.9. The number of aromatic amines is 1. The minimum absolute atomic E-state index is 0.229. The smallest absolute Gasteiger partial charge is 0.411 e. The fourth-order valence-corrected chi connectivity index (χ4v) is 7.98. The summed E-state index contributed by atoms with van der Waals surface area (Å²) in [6.07, 6.45) is 5.08. The Bertz CT molecular complexity index is 2110. The number of hydrogen-bond donors (Lipinski definition) is 4. The predicted octanol–water partition coefficient (Wildman–Crippen LogP) is 8.13. The summed E-state index contributed by atoms with van der Waals surface area (Å²) in [5.74, 6) is -0.663. The molecule has 0 aliphatic heterocycles. The van der Waals surface area contributed by atoms with Crippen molar-refractivity contribution in [1.29, 1.82) is 0 Å². The lowest BCUT2D eigenvalue weighted by atomic mass is 9.84. The van der Waals surface area contributed by atoms with Crippen molar-refractivity contribution in [3.8, 4) is 11.1 Å². The van der Waals surface area contributed by atoms with Crippen molar-refractivity contribution in [1.82, 2.24) is 20.5 Å². The molecule has 0 radical (unpaired) electrons. The Hall–Kier alpha value is -5.65. The maximum atomic E-state index is 14.5. The highest BCUT2D eigenvalue weighted by Gasteiger charge is 2.37. The van der Waals surface area contributed by atoms with Gasteiger partial charge in [0.1, 0.15) is 17.7 Å². The normalized spacial score (nSPS) is 15.2. The van der Waals surface area contributed by atoms with Gasteiger partial charge in [0, 0.05) is 41.9 Å². The molecule has 2 aliphatic carbocycles. The molecule has 1 saturated carbocycles. The number of hydrogen-bond acceptors (Lipinski definition) is 7. The number of aryl methyl sites for hydroxylation is 1. The predicted molar refractivity (Wildman–Crippen MR) is 221 cm³/mol. The molecular weight excluding hydrogens is 723 g/mol. The zero-order chi connectivity index (χ0) is 40.7. The molecule has 6 rings (SSSR count). The van der Waals surface area contributed by atoms with Gasteiger partial charge in [-0.05, 0) is 88.1 Å². The second-order valence-electron chi connectivity index (χ2n) is 16.4. The molecule has 4 N–H and O–H groups in total. The zero-order valence-electron chi connectivity index (χ0n) is 33.6. The molecule has 302 valence electrons. The molecule has 12 nitrogen and oxygen atoms in total. The lowest BCUT2D eigenvalue weighted by molar-refractivity contribution is -0.130. The SMILES string of the molecule is Cc1cc(=O)[nH]c2cc(NC(=O)[C@H](CCCCNC(=O)OC(C)(C)C)NC(=O)[C@H](CC3CCCCC3)N(C)C(=O)OC3c4ccccc4-c4ccccc43)ccc12. The van der Waals surface area contributed by atoms with Gasteiger partial charge < -0.3 is 30.4 Å². The van der Waals surface area contributed by atoms with Gasteiger partial charge in [-0.25, -0.2) is 9.59 Å². The van der Waals surface area contributed by atoms with Crippen LogP contribution in [0.1, 0.15) is 101 Å². The van der Waals surface area contributed by atoms with Crippen LogP contribution >= 0.6 is 0 Å². The molecule has 1 fully saturated rings. The van der Waals surface area contributed by atoms with Crippen molar-refractivity contribution >= 4 is 40.6 Å². The van der Waals surface area contributed by atoms with Gasteiger partial charge in [-0.15, -0.1) is 0 Å². The van der Waals surface area contributed by atoms with Crippen molar-refractivity contribution in [2.24, 2.45) is 5.92 Å². The summed E-state index contributed by atoms with van der Waals surface area (Å²) in [6.45, 7) is 7.54. The quantitative estimate of drug-likeness (QED) is 0.0998. The Labute approximate surface area is 334 Å². The largest absolute Gasteiger partial charge is 0.444 e. The number of unbranched alkanes of at least 4 members (excludes halogenated alkanes) is 1. The van der Waals surface area contributed by atoms with Gasteiger partial charge in [-0.2, -0.15) is 0 Å². The van der Waals surface area contributed by atoms with Crippen molar-refractivity contribution in [2.75, 3.05) is 18.9 Å². The second kappa shape index (κ2) is 18.1. The van der Waals surface area contributed by atoms with Crippen LogP contribution in [0.4, 0.5) is 15.3 Å². The van der Waals surface area contributed by atoms with Gasteiger partial charge in [0.05, 0.1) is 5.52 Å². The van der Waals surface area contributed by atoms with Gasteiger partial charge in [-0.1, -0.05) is 86.7 Å². The summed E-state index contributed by atoms with van der Waals surface area (Å²) in [7, 11) is 1.59. The van der Waals surface area contributed by atoms with Crippen LogP contribution in [0.3, 0.4) is 0 Å². The van der Waals surface area contributed by atoms with Crippen LogP contribution in [0.15, 0.2) is 77.6 Å². The second-order valence-corrected chi connectivity index (χ2v) is 16.4. The number of rotatable bonds is 13. The average Bonchev–Trinajstić information content (AvgIpc) is 3.48. The van der Waals surface area contributed by atoms with Crippen molar-refractivity contribution in [3.05, 3.63) is 99.8 Å². The monoisotopic (exact) mass is 777 g/mol. The van der Waals surface area contributed by atoms with E-state index in [0.29, 0.717) is 37.0 Å². The van der Waals surface area contributed by atoms with E-state index in [1.165, 1.54) is 11.0 Å². The maximum Gasteiger partial charge on any atom is 0.411 e. The maximum absolute atomic E-state index is 14.5. The van der Waals surface area contributed by atoms with Crippen molar-refractivity contribution in [3.63, 3.8) is 0 Å². The van der Waals surface area contributed by atoms with E-state index in [1.54, 1.807) is 40.0 Å². The topological polar surface area (TPSA) is 159 Å². The standard InChI is InChI=1S/C45H55N5O7/c1-28-25-39(51)48-37-27-30(22-23-31(28)37)47-41(52)36(21-13-14-24-46-43(54)57-45(2,3)4)49-42(53)38(26-29-15-7-6-8-16-29)50(5)44(55)56-40-34-19-11-9-17-32(34)33-18-10-12-20-35(33)40/h9-12,17-20,22-23,25,27,29,36,38,40H,6-8,13-16,21,24,26H2,1-5H3,(H,46,54)(H,47,52)(H,48,51)(H,49,53)/t36-,38-/m0/s1. The van der Waals surface area contributed by atoms with Gasteiger partial charge >= 0.3 is 12.2 Å². The molecule has 3 aromatic carbocycles. The van der Waals surface area contributed by atoms with E-state index in [4.69, 9.17) is 9.47 Å². The van der Waals surface area contributed by atoms with Gasteiger partial charge in [0.15, 0.2) is 6.10 Å². The van der Waals surface area contributed by atoms with Crippen LogP contribution in [-0.2, 0) is 19.1 Å². The summed E-state index contributed by atoms with van der Waals surface area (Å²) in [5.41, 5.74) is 4.75. The molecule has 2 atom stereocenters. The van der Waals surface area contributed by atoms with Crippen LogP contribution in [0, 0.1) is 12.8 Å². The van der Waals surface area contributed by atoms with Crippen LogP contribution < -0.4 is 21.5 Å². The number of alkyl carbamates (subject to hydrolysis) is 1. The Balaban J connectivity index is 1.20. The van der Waals surface area contributed by atoms with E-state index >= 15 is 0 Å². The zero-order valence-corrected chi connectivity index (χ0v) is 33.6. The molecule has 2 aliphatic rings. The summed E-state index contributed by atoms with van der Waals surface area (Å²) in [6, 6.07) is 20.6. The van der Waals surface area contributed by atoms with E-state index in [1.807, 2.05) is 61.5 Å². The van der Waals surface area contributed by atoms with Crippen LogP contribution in [0.5, 0.6) is 0 Å². The number of likely N-dealkylation sites (N-methyl/N-ethyl adjacent to an activating group) is 1. The Morgan fingerprint density at radius 3 is 2.21 bits per heavy atom. The van der Waals surface area contributed by atoms with Crippen LogP contribution in [0.2, 0.25) is 0 Å². The first-order valence-corrected chi connectivity index (χ1v) is 20.1. The number of fused-ring (bicyclic) bond motifs is 4. The number of aromatic nitrogens is 1. The number of benzene rings is 3. The molecule has 0 unspecified atom stereocenters. The number of anilines is 1. The molecule has 0 saturated heterocycles. The molecule has 57 heavy (non-hydrogen) atoms. The molecule has 4 amide bonds. The van der Waals surface area contributed by atoms with E-state index < -0.39 is 47.8 Å². The van der Waals surface area contributed by atoms with Gasteiger partial charge in [0.2, 0.25) is 17.4 Å². The van der Waals surface area contributed by atoms with Crippen LogP contribution in [0.25, 0.3) is 22.0 Å². The lowest BCUT2D eigenvalue weighted by Gasteiger charge is -2.33. The number of carbonyl (C=O) groups is 4. The number of amides is 4. The summed E-state index contributed by atoms with van der Waals surface area (Å²) < 4.78 is 11.6. The molecule has 1 heterocycles. The van der Waals surface area contributed by atoms with E-state index in [2.05, 4.69) is 20.9 Å². The first-order chi connectivity index (χ1) is 27.3. The molecule has 0 spiro atoms. The molecule has 4 aromatic rings. The minimum Gasteiger partial charge on any atom is -0.444 e. The average molecular weight is 778 g/mol. The lowest BCUT2D eigenvalue weighted by Crippen LogP contribution is -2.53. The van der Waals surface area contributed by atoms with E-state index in [-0.39, 0.29) is 17.9 Å². The van der Waals surface area contributed by atoms with Crippen LogP contribution in [-0.4, -0.2) is 65.2 Å². The number of carbonyl (C=O) groups excluding carboxylic acids is 4. The third-order valence-corrected chi connectivity index (χ3v) is 10.9. The van der Waals surface area contributed by atoms with Crippen molar-refractivity contribution in [2.45, 2.75) is 109 Å².